The summed E-state index contributed by atoms with van der Waals surface area (Å²) >= 11 is 0. The number of benzene rings is 1. The number of nitrogens with two attached hydrogens (primary N) is 1. The van der Waals surface area contributed by atoms with Crippen molar-refractivity contribution < 1.29 is 9.63 Å². The van der Waals surface area contributed by atoms with Crippen LogP contribution < -0.4 is 5.73 Å². The molecule has 0 amide bonds. The van der Waals surface area contributed by atoms with Gasteiger partial charge in [-0.05, 0) is 17.7 Å². The monoisotopic (exact) mass is 216 g/mol. The average molecular weight is 216 g/mol. The largest absolute Gasteiger partial charge is 0.507 e. The minimum absolute atomic E-state index is 0.168. The van der Waals surface area contributed by atoms with Gasteiger partial charge in [0.25, 0.3) is 0 Å². The van der Waals surface area contributed by atoms with Gasteiger partial charge in [0.15, 0.2) is 5.76 Å². The molecule has 0 radical (unpaired) electrons. The molecule has 16 heavy (non-hydrogen) atoms. The Labute approximate surface area is 93.0 Å². The van der Waals surface area contributed by atoms with Crippen molar-refractivity contribution in [1.82, 2.24) is 5.16 Å². The van der Waals surface area contributed by atoms with Crippen LogP contribution in [0.3, 0.4) is 0 Å². The van der Waals surface area contributed by atoms with E-state index in [0.29, 0.717) is 17.9 Å². The van der Waals surface area contributed by atoms with E-state index in [2.05, 4.69) is 5.16 Å². The van der Waals surface area contributed by atoms with Crippen LogP contribution in [0.5, 0.6) is 5.75 Å². The fourth-order valence-corrected chi connectivity index (χ4v) is 1.41. The van der Waals surface area contributed by atoms with Crippen LogP contribution in [-0.4, -0.2) is 16.8 Å². The first-order valence-corrected chi connectivity index (χ1v) is 4.92. The number of phenolic OH excluding ortho intramolecular Hbond substituents is 1. The Kier molecular flexibility index (Phi) is 3.03. The first-order valence-electron chi connectivity index (χ1n) is 4.92. The van der Waals surface area contributed by atoms with Gasteiger partial charge in [-0.2, -0.15) is 0 Å². The van der Waals surface area contributed by atoms with E-state index in [-0.39, 0.29) is 5.75 Å². The van der Waals surface area contributed by atoms with Crippen molar-refractivity contribution in [1.29, 1.82) is 0 Å². The molecular formula is C12H12N2O2. The highest BCUT2D eigenvalue weighted by Gasteiger charge is 2.07. The molecular weight excluding hydrogens is 204 g/mol. The summed E-state index contributed by atoms with van der Waals surface area (Å²) in [5, 5.41) is 13.3. The fourth-order valence-electron chi connectivity index (χ4n) is 1.41. The molecule has 1 aromatic heterocycles. The van der Waals surface area contributed by atoms with Gasteiger partial charge in [0.2, 0.25) is 0 Å². The maximum absolute atomic E-state index is 9.70. The first-order chi connectivity index (χ1) is 7.81. The number of rotatable bonds is 3. The molecule has 2 aromatic rings. The van der Waals surface area contributed by atoms with Crippen LogP contribution in [0.2, 0.25) is 0 Å². The van der Waals surface area contributed by atoms with Crippen molar-refractivity contribution in [3.05, 3.63) is 42.1 Å². The predicted octanol–water partition coefficient (Wildman–Crippen LogP) is 2.02. The number of phenols is 1. The second-order valence-corrected chi connectivity index (χ2v) is 3.29. The van der Waals surface area contributed by atoms with E-state index in [9.17, 15) is 5.11 Å². The van der Waals surface area contributed by atoms with Crippen LogP contribution >= 0.6 is 0 Å². The van der Waals surface area contributed by atoms with E-state index < -0.39 is 0 Å². The Balaban J connectivity index is 2.41. The zero-order valence-electron chi connectivity index (χ0n) is 8.63. The lowest BCUT2D eigenvalue weighted by Gasteiger charge is -2.01. The Morgan fingerprint density at radius 2 is 2.25 bits per heavy atom. The van der Waals surface area contributed by atoms with E-state index in [4.69, 9.17) is 10.3 Å². The molecule has 0 saturated carbocycles. The third-order valence-corrected chi connectivity index (χ3v) is 2.17. The number of aromatic nitrogens is 1. The van der Waals surface area contributed by atoms with Gasteiger partial charge in [-0.1, -0.05) is 23.4 Å². The van der Waals surface area contributed by atoms with Crippen molar-refractivity contribution in [3.8, 4) is 17.1 Å². The molecule has 0 aliphatic rings. The zero-order chi connectivity index (χ0) is 11.4. The normalized spacial score (nSPS) is 11.1. The van der Waals surface area contributed by atoms with Gasteiger partial charge in [-0.3, -0.25) is 0 Å². The number of hydrogen-bond acceptors (Lipinski definition) is 4. The Bertz CT molecular complexity index is 490. The highest BCUT2D eigenvalue weighted by Crippen LogP contribution is 2.29. The zero-order valence-corrected chi connectivity index (χ0v) is 8.63. The molecule has 0 aliphatic carbocycles. The summed E-state index contributed by atoms with van der Waals surface area (Å²) in [6.07, 6.45) is 5.27. The van der Waals surface area contributed by atoms with Crippen LogP contribution in [0.1, 0.15) is 5.56 Å². The summed E-state index contributed by atoms with van der Waals surface area (Å²) in [5.74, 6) is 0.710. The highest BCUT2D eigenvalue weighted by molar-refractivity contribution is 5.69. The van der Waals surface area contributed by atoms with Crippen LogP contribution in [0.4, 0.5) is 0 Å². The molecule has 0 saturated heterocycles. The van der Waals surface area contributed by atoms with E-state index >= 15 is 0 Å². The molecule has 4 nitrogen and oxygen atoms in total. The summed E-state index contributed by atoms with van der Waals surface area (Å²) in [4.78, 5) is 0. The van der Waals surface area contributed by atoms with Gasteiger partial charge in [0, 0.05) is 12.6 Å². The van der Waals surface area contributed by atoms with E-state index in [1.165, 1.54) is 6.20 Å². The van der Waals surface area contributed by atoms with E-state index in [1.807, 2.05) is 18.2 Å². The third-order valence-electron chi connectivity index (χ3n) is 2.17. The lowest BCUT2D eigenvalue weighted by Crippen LogP contribution is -1.91. The second-order valence-electron chi connectivity index (χ2n) is 3.29. The molecule has 0 unspecified atom stereocenters. The smallest absolute Gasteiger partial charge is 0.170 e. The molecule has 4 heteroatoms. The molecule has 0 spiro atoms. The van der Waals surface area contributed by atoms with Crippen LogP contribution in [-0.2, 0) is 0 Å². The average Bonchev–Trinajstić information content (AvgIpc) is 2.81. The molecule has 1 aromatic carbocycles. The summed E-state index contributed by atoms with van der Waals surface area (Å²) in [6.45, 7) is 0.485. The Morgan fingerprint density at radius 3 is 2.94 bits per heavy atom. The number of hydrogen-bond donors (Lipinski definition) is 2. The van der Waals surface area contributed by atoms with Crippen LogP contribution in [0.15, 0.2) is 41.1 Å². The molecule has 0 fully saturated rings. The Morgan fingerprint density at radius 1 is 1.38 bits per heavy atom. The molecule has 2 rings (SSSR count). The molecule has 82 valence electrons. The quantitative estimate of drug-likeness (QED) is 0.823. The van der Waals surface area contributed by atoms with Crippen molar-refractivity contribution >= 4 is 6.08 Å². The lowest BCUT2D eigenvalue weighted by atomic mass is 10.1. The topological polar surface area (TPSA) is 72.3 Å². The van der Waals surface area contributed by atoms with Crippen LogP contribution in [0, 0.1) is 0 Å². The minimum Gasteiger partial charge on any atom is -0.507 e. The SMILES string of the molecule is NCC=Cc1ccc(O)c(-c2ccno2)c1. The van der Waals surface area contributed by atoms with Crippen molar-refractivity contribution in [2.24, 2.45) is 5.73 Å². The molecule has 0 atom stereocenters. The highest BCUT2D eigenvalue weighted by atomic mass is 16.5. The maximum Gasteiger partial charge on any atom is 0.170 e. The summed E-state index contributed by atoms with van der Waals surface area (Å²) in [5.41, 5.74) is 6.95. The second kappa shape index (κ2) is 4.63. The summed E-state index contributed by atoms with van der Waals surface area (Å²) in [6, 6.07) is 6.95. The number of nitrogens with zero attached hydrogens (tertiary/aromatic N) is 1. The summed E-state index contributed by atoms with van der Waals surface area (Å²) in [7, 11) is 0. The van der Waals surface area contributed by atoms with Gasteiger partial charge in [-0.15, -0.1) is 0 Å². The molecule has 0 bridgehead atoms. The molecule has 3 N–H and O–H groups in total. The van der Waals surface area contributed by atoms with Gasteiger partial charge >= 0.3 is 0 Å². The lowest BCUT2D eigenvalue weighted by molar-refractivity contribution is 0.426. The van der Waals surface area contributed by atoms with Gasteiger partial charge in [-0.25, -0.2) is 0 Å². The van der Waals surface area contributed by atoms with Gasteiger partial charge < -0.3 is 15.4 Å². The van der Waals surface area contributed by atoms with Crippen molar-refractivity contribution in [3.63, 3.8) is 0 Å². The molecule has 0 aliphatic heterocycles. The van der Waals surface area contributed by atoms with Crippen molar-refractivity contribution in [2.75, 3.05) is 6.54 Å². The third kappa shape index (κ3) is 2.12. The van der Waals surface area contributed by atoms with Crippen molar-refractivity contribution in [2.45, 2.75) is 0 Å². The summed E-state index contributed by atoms with van der Waals surface area (Å²) < 4.78 is 5.00. The molecule has 1 heterocycles. The van der Waals surface area contributed by atoms with Gasteiger partial charge in [0.05, 0.1) is 11.8 Å². The standard InChI is InChI=1S/C12H12N2O2/c13-6-1-2-9-3-4-11(15)10(8-9)12-5-7-14-16-12/h1-5,7-8,15H,6,13H2. The fraction of sp³-hybridized carbons (Fsp3) is 0.0833. The van der Waals surface area contributed by atoms with E-state index in [0.717, 1.165) is 5.56 Å². The number of aromatic hydroxyl groups is 1. The van der Waals surface area contributed by atoms with Gasteiger partial charge in [0.1, 0.15) is 5.75 Å². The predicted molar refractivity (Wildman–Crippen MR) is 61.7 cm³/mol. The first kappa shape index (κ1) is 10.4. The van der Waals surface area contributed by atoms with E-state index in [1.54, 1.807) is 18.2 Å². The Hall–Kier alpha value is -2.07. The van der Waals surface area contributed by atoms with Crippen LogP contribution in [0.25, 0.3) is 17.4 Å². The maximum atomic E-state index is 9.70. The minimum atomic E-state index is 0.168.